The molecule has 1 atom stereocenters. The summed E-state index contributed by atoms with van der Waals surface area (Å²) in [6.45, 7) is 4.44. The maximum atomic E-state index is 6.38. The van der Waals surface area contributed by atoms with Crippen LogP contribution in [0.5, 0.6) is 5.75 Å². The van der Waals surface area contributed by atoms with Crippen LogP contribution in [0.15, 0.2) is 42.7 Å². The molecule has 20 heavy (non-hydrogen) atoms. The van der Waals surface area contributed by atoms with Crippen molar-refractivity contribution in [3.8, 4) is 5.75 Å². The van der Waals surface area contributed by atoms with E-state index in [9.17, 15) is 0 Å². The molecule has 0 aliphatic rings. The molecule has 1 aromatic carbocycles. The molecule has 3 heteroatoms. The highest BCUT2D eigenvalue weighted by Gasteiger charge is 2.14. The topological polar surface area (TPSA) is 48.1 Å². The first kappa shape index (κ1) is 14.5. The molecule has 2 N–H and O–H groups in total. The Bertz CT molecular complexity index is 566. The molecule has 0 radical (unpaired) electrons. The second kappa shape index (κ2) is 6.53. The highest BCUT2D eigenvalue weighted by molar-refractivity contribution is 5.40. The molecular formula is C17H22N2O. The van der Waals surface area contributed by atoms with E-state index in [4.69, 9.17) is 10.5 Å². The number of aromatic nitrogens is 1. The van der Waals surface area contributed by atoms with E-state index in [-0.39, 0.29) is 6.04 Å². The Morgan fingerprint density at radius 3 is 2.75 bits per heavy atom. The van der Waals surface area contributed by atoms with E-state index >= 15 is 0 Å². The first-order valence-corrected chi connectivity index (χ1v) is 6.94. The van der Waals surface area contributed by atoms with Crippen molar-refractivity contribution >= 4 is 0 Å². The molecule has 0 aliphatic heterocycles. The second-order valence-corrected chi connectivity index (χ2v) is 5.44. The third kappa shape index (κ3) is 3.36. The van der Waals surface area contributed by atoms with E-state index in [1.54, 1.807) is 19.5 Å². The summed E-state index contributed by atoms with van der Waals surface area (Å²) >= 11 is 0. The van der Waals surface area contributed by atoms with Crippen LogP contribution in [0.3, 0.4) is 0 Å². The molecule has 1 unspecified atom stereocenters. The van der Waals surface area contributed by atoms with E-state index < -0.39 is 0 Å². The molecular weight excluding hydrogens is 248 g/mol. The molecule has 1 heterocycles. The van der Waals surface area contributed by atoms with Gasteiger partial charge in [0.15, 0.2) is 0 Å². The lowest BCUT2D eigenvalue weighted by atomic mass is 9.95. The smallest absolute Gasteiger partial charge is 0.142 e. The Balaban J connectivity index is 2.30. The fourth-order valence-corrected chi connectivity index (χ4v) is 2.38. The maximum absolute atomic E-state index is 6.38. The van der Waals surface area contributed by atoms with Crippen LogP contribution in [-0.2, 0) is 6.42 Å². The van der Waals surface area contributed by atoms with Crippen molar-refractivity contribution in [3.05, 3.63) is 59.4 Å². The number of nitrogens with two attached hydrogens (primary N) is 1. The average Bonchev–Trinajstić information content (AvgIpc) is 2.46. The van der Waals surface area contributed by atoms with Gasteiger partial charge in [-0.3, -0.25) is 4.98 Å². The fraction of sp³-hybridized carbons (Fsp3) is 0.353. The summed E-state index contributed by atoms with van der Waals surface area (Å²) in [6.07, 6.45) is 4.51. The minimum atomic E-state index is -0.194. The van der Waals surface area contributed by atoms with Gasteiger partial charge in [0.25, 0.3) is 0 Å². The normalized spacial score (nSPS) is 12.4. The molecule has 2 rings (SSSR count). The Morgan fingerprint density at radius 1 is 1.25 bits per heavy atom. The van der Waals surface area contributed by atoms with Crippen LogP contribution in [0.25, 0.3) is 0 Å². The van der Waals surface area contributed by atoms with Crippen LogP contribution < -0.4 is 10.5 Å². The SMILES string of the molecule is COc1cnccc1C(N)c1cccc(CC(C)C)c1. The molecule has 0 spiro atoms. The minimum Gasteiger partial charge on any atom is -0.495 e. The first-order chi connectivity index (χ1) is 9.61. The second-order valence-electron chi connectivity index (χ2n) is 5.44. The molecule has 2 aromatic rings. The minimum absolute atomic E-state index is 0.194. The van der Waals surface area contributed by atoms with Crippen molar-refractivity contribution in [2.75, 3.05) is 7.11 Å². The van der Waals surface area contributed by atoms with Gasteiger partial charge in [-0.25, -0.2) is 0 Å². The third-order valence-corrected chi connectivity index (χ3v) is 3.33. The average molecular weight is 270 g/mol. The van der Waals surface area contributed by atoms with Crippen molar-refractivity contribution < 1.29 is 4.74 Å². The first-order valence-electron chi connectivity index (χ1n) is 6.94. The molecule has 0 bridgehead atoms. The van der Waals surface area contributed by atoms with Gasteiger partial charge in [-0.1, -0.05) is 38.1 Å². The Hall–Kier alpha value is -1.87. The summed E-state index contributed by atoms with van der Waals surface area (Å²) in [5, 5.41) is 0. The molecule has 0 aliphatic carbocycles. The largest absolute Gasteiger partial charge is 0.495 e. The Kier molecular flexibility index (Phi) is 4.74. The monoisotopic (exact) mass is 270 g/mol. The highest BCUT2D eigenvalue weighted by Crippen LogP contribution is 2.27. The van der Waals surface area contributed by atoms with Crippen molar-refractivity contribution in [2.45, 2.75) is 26.3 Å². The predicted octanol–water partition coefficient (Wildman–Crippen LogP) is 3.34. The van der Waals surface area contributed by atoms with Gasteiger partial charge >= 0.3 is 0 Å². The molecule has 106 valence electrons. The number of methoxy groups -OCH3 is 1. The van der Waals surface area contributed by atoms with Gasteiger partial charge in [-0.2, -0.15) is 0 Å². The van der Waals surface area contributed by atoms with Crippen LogP contribution in [0.2, 0.25) is 0 Å². The fourth-order valence-electron chi connectivity index (χ4n) is 2.38. The van der Waals surface area contributed by atoms with Crippen molar-refractivity contribution in [3.63, 3.8) is 0 Å². The number of hydrogen-bond acceptors (Lipinski definition) is 3. The predicted molar refractivity (Wildman–Crippen MR) is 81.8 cm³/mol. The Morgan fingerprint density at radius 2 is 2.05 bits per heavy atom. The summed E-state index contributed by atoms with van der Waals surface area (Å²) in [4.78, 5) is 4.07. The lowest BCUT2D eigenvalue weighted by Crippen LogP contribution is -2.13. The zero-order chi connectivity index (χ0) is 14.5. The standard InChI is InChI=1S/C17H22N2O/c1-12(2)9-13-5-4-6-14(10-13)17(18)15-7-8-19-11-16(15)20-3/h4-8,10-12,17H,9,18H2,1-3H3. The zero-order valence-corrected chi connectivity index (χ0v) is 12.3. The van der Waals surface area contributed by atoms with Crippen LogP contribution >= 0.6 is 0 Å². The lowest BCUT2D eigenvalue weighted by molar-refractivity contribution is 0.406. The number of pyridine rings is 1. The number of ether oxygens (including phenoxy) is 1. The maximum Gasteiger partial charge on any atom is 0.142 e. The zero-order valence-electron chi connectivity index (χ0n) is 12.3. The van der Waals surface area contributed by atoms with Crippen LogP contribution in [0, 0.1) is 5.92 Å². The summed E-state index contributed by atoms with van der Waals surface area (Å²) < 4.78 is 5.34. The number of hydrogen-bond donors (Lipinski definition) is 1. The van der Waals surface area contributed by atoms with E-state index in [0.717, 1.165) is 23.3 Å². The van der Waals surface area contributed by atoms with Crippen LogP contribution in [0.1, 0.15) is 36.6 Å². The van der Waals surface area contributed by atoms with Crippen molar-refractivity contribution in [1.82, 2.24) is 4.98 Å². The van der Waals surface area contributed by atoms with E-state index in [1.807, 2.05) is 6.07 Å². The van der Waals surface area contributed by atoms with E-state index in [1.165, 1.54) is 5.56 Å². The summed E-state index contributed by atoms with van der Waals surface area (Å²) in [7, 11) is 1.64. The molecule has 3 nitrogen and oxygen atoms in total. The van der Waals surface area contributed by atoms with Gasteiger partial charge in [0.05, 0.1) is 19.3 Å². The summed E-state index contributed by atoms with van der Waals surface area (Å²) in [6, 6.07) is 10.2. The Labute approximate surface area is 120 Å². The van der Waals surface area contributed by atoms with E-state index in [0.29, 0.717) is 5.92 Å². The quantitative estimate of drug-likeness (QED) is 0.906. The third-order valence-electron chi connectivity index (χ3n) is 3.33. The van der Waals surface area contributed by atoms with E-state index in [2.05, 4.69) is 43.1 Å². The van der Waals surface area contributed by atoms with Gasteiger partial charge < -0.3 is 10.5 Å². The van der Waals surface area contributed by atoms with Crippen LogP contribution in [-0.4, -0.2) is 12.1 Å². The molecule has 0 saturated carbocycles. The number of nitrogens with zero attached hydrogens (tertiary/aromatic N) is 1. The highest BCUT2D eigenvalue weighted by atomic mass is 16.5. The van der Waals surface area contributed by atoms with Gasteiger partial charge in [-0.15, -0.1) is 0 Å². The van der Waals surface area contributed by atoms with Gasteiger partial charge in [0, 0.05) is 11.8 Å². The van der Waals surface area contributed by atoms with Crippen molar-refractivity contribution in [2.24, 2.45) is 11.7 Å². The number of benzene rings is 1. The van der Waals surface area contributed by atoms with Gasteiger partial charge in [0.2, 0.25) is 0 Å². The molecule has 0 fully saturated rings. The molecule has 0 amide bonds. The molecule has 1 aromatic heterocycles. The van der Waals surface area contributed by atoms with Crippen LogP contribution in [0.4, 0.5) is 0 Å². The van der Waals surface area contributed by atoms with Gasteiger partial charge in [-0.05, 0) is 29.5 Å². The van der Waals surface area contributed by atoms with Gasteiger partial charge in [0.1, 0.15) is 5.75 Å². The number of rotatable bonds is 5. The molecule has 0 saturated heterocycles. The summed E-state index contributed by atoms with van der Waals surface area (Å²) in [5.74, 6) is 1.37. The summed E-state index contributed by atoms with van der Waals surface area (Å²) in [5.41, 5.74) is 9.77. The lowest BCUT2D eigenvalue weighted by Gasteiger charge is -2.17. The van der Waals surface area contributed by atoms with Crippen molar-refractivity contribution in [1.29, 1.82) is 0 Å².